The molecule has 1 saturated heterocycles. The minimum atomic E-state index is -4.88. The Morgan fingerprint density at radius 1 is 1.23 bits per heavy atom. The number of carbonyl (C=O) groups is 2. The number of hydrogen-bond acceptors (Lipinski definition) is 8. The van der Waals surface area contributed by atoms with E-state index in [2.05, 4.69) is 4.18 Å². The fourth-order valence-electron chi connectivity index (χ4n) is 2.25. The highest BCUT2D eigenvalue weighted by Crippen LogP contribution is 2.12. The smallest absolute Gasteiger partial charge is 0.496 e. The molecule has 0 spiro atoms. The van der Waals surface area contributed by atoms with Crippen LogP contribution in [0.4, 0.5) is 0 Å². The number of allylic oxidation sites excluding steroid dienone is 1. The Labute approximate surface area is 151 Å². The van der Waals surface area contributed by atoms with Gasteiger partial charge in [-0.3, -0.25) is 19.0 Å². The number of likely N-dealkylation sites (N-methyl/N-ethyl adjacent to an activating group) is 1. The Morgan fingerprint density at radius 2 is 1.81 bits per heavy atom. The fraction of sp³-hybridized carbons (Fsp3) is 0.333. The van der Waals surface area contributed by atoms with Crippen LogP contribution in [0.25, 0.3) is 0 Å². The van der Waals surface area contributed by atoms with Crippen molar-refractivity contribution in [3.63, 3.8) is 0 Å². The van der Waals surface area contributed by atoms with E-state index >= 15 is 0 Å². The van der Waals surface area contributed by atoms with Gasteiger partial charge in [0.05, 0.1) is 13.1 Å². The molecule has 1 aromatic carbocycles. The molecular formula is C15H18BNO8S. The molecule has 0 aliphatic carbocycles. The van der Waals surface area contributed by atoms with Gasteiger partial charge in [0.25, 0.3) is 0 Å². The summed E-state index contributed by atoms with van der Waals surface area (Å²) in [7, 11) is -5.00. The quantitative estimate of drug-likeness (QED) is 0.412. The van der Waals surface area contributed by atoms with Crippen LogP contribution in [0.1, 0.15) is 5.56 Å². The maximum absolute atomic E-state index is 11.8. The lowest BCUT2D eigenvalue weighted by Gasteiger charge is -2.24. The van der Waals surface area contributed by atoms with Gasteiger partial charge >= 0.3 is 29.5 Å². The summed E-state index contributed by atoms with van der Waals surface area (Å²) in [5.41, 5.74) is 0.933. The van der Waals surface area contributed by atoms with Gasteiger partial charge in [0.15, 0.2) is 6.00 Å². The SMILES string of the molecule is CN1CC(=O)OB(C(/C=C/Cc2ccccc2)OS(=O)(=O)O)OC(=O)C1. The van der Waals surface area contributed by atoms with Gasteiger partial charge in [0.1, 0.15) is 0 Å². The zero-order valence-corrected chi connectivity index (χ0v) is 14.8. The molecule has 0 aromatic heterocycles. The number of rotatable bonds is 6. The van der Waals surface area contributed by atoms with Crippen molar-refractivity contribution < 1.29 is 36.1 Å². The molecular weight excluding hydrogens is 365 g/mol. The first-order valence-corrected chi connectivity index (χ1v) is 9.03. The van der Waals surface area contributed by atoms with Crippen LogP contribution in [0, 0.1) is 0 Å². The Kier molecular flexibility index (Phi) is 6.92. The van der Waals surface area contributed by atoms with Crippen molar-refractivity contribution in [2.24, 2.45) is 0 Å². The first kappa shape index (κ1) is 20.1. The summed E-state index contributed by atoms with van der Waals surface area (Å²) in [4.78, 5) is 24.9. The predicted molar refractivity (Wildman–Crippen MR) is 91.1 cm³/mol. The summed E-state index contributed by atoms with van der Waals surface area (Å²) in [5, 5.41) is 0. The summed E-state index contributed by atoms with van der Waals surface area (Å²) >= 11 is 0. The van der Waals surface area contributed by atoms with E-state index in [0.29, 0.717) is 6.42 Å². The van der Waals surface area contributed by atoms with Crippen molar-refractivity contribution in [3.8, 4) is 0 Å². The van der Waals surface area contributed by atoms with Gasteiger partial charge in [0.2, 0.25) is 0 Å². The molecule has 1 atom stereocenters. The second kappa shape index (κ2) is 8.94. The third-order valence-corrected chi connectivity index (χ3v) is 3.78. The summed E-state index contributed by atoms with van der Waals surface area (Å²) < 4.78 is 45.6. The van der Waals surface area contributed by atoms with Crippen LogP contribution in [-0.2, 0) is 39.9 Å². The topological polar surface area (TPSA) is 119 Å². The molecule has 26 heavy (non-hydrogen) atoms. The molecule has 9 nitrogen and oxygen atoms in total. The molecule has 0 bridgehead atoms. The van der Waals surface area contributed by atoms with Crippen molar-refractivity contribution >= 4 is 29.5 Å². The lowest BCUT2D eigenvalue weighted by atomic mass is 9.80. The Morgan fingerprint density at radius 3 is 2.35 bits per heavy atom. The molecule has 1 fully saturated rings. The Bertz CT molecular complexity index is 747. The summed E-state index contributed by atoms with van der Waals surface area (Å²) in [6.07, 6.45) is 3.22. The first-order valence-electron chi connectivity index (χ1n) is 7.67. The molecule has 1 heterocycles. The van der Waals surface area contributed by atoms with Crippen LogP contribution in [0.15, 0.2) is 42.5 Å². The third-order valence-electron chi connectivity index (χ3n) is 3.32. The maximum Gasteiger partial charge on any atom is 0.635 e. The first-order chi connectivity index (χ1) is 12.2. The van der Waals surface area contributed by atoms with Gasteiger partial charge in [-0.15, -0.1) is 0 Å². The molecule has 140 valence electrons. The third kappa shape index (κ3) is 6.96. The average Bonchev–Trinajstić information content (AvgIpc) is 2.51. The van der Waals surface area contributed by atoms with Gasteiger partial charge in [-0.1, -0.05) is 42.5 Å². The van der Waals surface area contributed by atoms with Gasteiger partial charge in [-0.05, 0) is 19.0 Å². The number of hydrogen-bond donors (Lipinski definition) is 1. The Hall–Kier alpha value is -2.21. The minimum Gasteiger partial charge on any atom is -0.496 e. The van der Waals surface area contributed by atoms with E-state index in [-0.39, 0.29) is 13.1 Å². The van der Waals surface area contributed by atoms with Gasteiger partial charge in [0, 0.05) is 0 Å². The van der Waals surface area contributed by atoms with Gasteiger partial charge in [-0.25, -0.2) is 4.18 Å². The zero-order valence-electron chi connectivity index (χ0n) is 14.0. The highest BCUT2D eigenvalue weighted by molar-refractivity contribution is 7.81. The maximum atomic E-state index is 11.8. The second-order valence-electron chi connectivity index (χ2n) is 5.63. The van der Waals surface area contributed by atoms with E-state index in [1.807, 2.05) is 30.3 Å². The molecule has 1 unspecified atom stereocenters. The van der Waals surface area contributed by atoms with E-state index in [4.69, 9.17) is 13.9 Å². The Balaban J connectivity index is 2.16. The summed E-state index contributed by atoms with van der Waals surface area (Å²) in [5.74, 6) is -1.46. The van der Waals surface area contributed by atoms with Crippen LogP contribution in [0.3, 0.4) is 0 Å². The van der Waals surface area contributed by atoms with Crippen LogP contribution in [0.2, 0.25) is 0 Å². The lowest BCUT2D eigenvalue weighted by molar-refractivity contribution is -0.146. The highest BCUT2D eigenvalue weighted by Gasteiger charge is 2.41. The largest absolute Gasteiger partial charge is 0.635 e. The summed E-state index contributed by atoms with van der Waals surface area (Å²) in [6, 6.07) is 7.71. The number of nitrogens with zero attached hydrogens (tertiary/aromatic N) is 1. The van der Waals surface area contributed by atoms with Crippen molar-refractivity contribution in [2.45, 2.75) is 12.4 Å². The molecule has 1 aromatic rings. The van der Waals surface area contributed by atoms with E-state index in [0.717, 1.165) is 5.56 Å². The predicted octanol–water partition coefficient (Wildman–Crippen LogP) is 0.0325. The molecule has 0 amide bonds. The number of benzene rings is 1. The van der Waals surface area contributed by atoms with Crippen molar-refractivity contribution in [2.75, 3.05) is 20.1 Å². The van der Waals surface area contributed by atoms with E-state index < -0.39 is 35.5 Å². The zero-order chi connectivity index (χ0) is 19.2. The van der Waals surface area contributed by atoms with Crippen molar-refractivity contribution in [1.29, 1.82) is 0 Å². The van der Waals surface area contributed by atoms with Crippen LogP contribution in [0.5, 0.6) is 0 Å². The molecule has 1 aliphatic heterocycles. The lowest BCUT2D eigenvalue weighted by Crippen LogP contribution is -2.48. The standard InChI is InChI=1S/C15H18BNO8S/c1-17-10-14(18)23-16(24-15(19)11-17)13(25-26(20,21)22)9-5-8-12-6-3-2-4-7-12/h2-7,9,13H,8,10-11H2,1H3,(H,20,21,22)/b9-5+. The normalized spacial score (nSPS) is 18.2. The van der Waals surface area contributed by atoms with Crippen LogP contribution in [-0.4, -0.2) is 63.1 Å². The van der Waals surface area contributed by atoms with Crippen molar-refractivity contribution in [1.82, 2.24) is 4.90 Å². The van der Waals surface area contributed by atoms with E-state index in [1.54, 1.807) is 6.08 Å². The van der Waals surface area contributed by atoms with Crippen LogP contribution >= 0.6 is 0 Å². The highest BCUT2D eigenvalue weighted by atomic mass is 32.3. The number of carbonyl (C=O) groups excluding carboxylic acids is 2. The minimum absolute atomic E-state index is 0.183. The van der Waals surface area contributed by atoms with Gasteiger partial charge in [-0.2, -0.15) is 8.42 Å². The molecule has 2 rings (SSSR count). The van der Waals surface area contributed by atoms with E-state index in [1.165, 1.54) is 18.0 Å². The summed E-state index contributed by atoms with van der Waals surface area (Å²) in [6.45, 7) is -0.365. The fourth-order valence-corrected chi connectivity index (χ4v) is 2.69. The molecule has 11 heteroatoms. The molecule has 1 N–H and O–H groups in total. The molecule has 1 aliphatic rings. The van der Waals surface area contributed by atoms with Crippen LogP contribution < -0.4 is 0 Å². The molecule has 0 saturated carbocycles. The van der Waals surface area contributed by atoms with E-state index in [9.17, 15) is 18.0 Å². The van der Waals surface area contributed by atoms with Gasteiger partial charge < -0.3 is 9.31 Å². The average molecular weight is 383 g/mol. The monoisotopic (exact) mass is 383 g/mol. The van der Waals surface area contributed by atoms with Crippen molar-refractivity contribution in [3.05, 3.63) is 48.0 Å². The molecule has 0 radical (unpaired) electrons. The second-order valence-corrected chi connectivity index (χ2v) is 6.67.